The average Bonchev–Trinajstić information content (AvgIpc) is 2.61. The van der Waals surface area contributed by atoms with E-state index in [1.54, 1.807) is 0 Å². The highest BCUT2D eigenvalue weighted by molar-refractivity contribution is 14.1. The molecule has 90 valence electrons. The number of aliphatic hydroxyl groups is 1. The van der Waals surface area contributed by atoms with Crippen molar-refractivity contribution in [2.75, 3.05) is 19.7 Å². The Balaban J connectivity index is 1.99. The first kappa shape index (κ1) is 12.3. The molecule has 0 radical (unpaired) electrons. The third kappa shape index (κ3) is 2.75. The topological polar surface area (TPSA) is 41.3 Å². The second-order valence-corrected chi connectivity index (χ2v) is 5.65. The number of aromatic nitrogens is 2. The highest BCUT2D eigenvalue weighted by Crippen LogP contribution is 2.19. The van der Waals surface area contributed by atoms with Crippen molar-refractivity contribution >= 4 is 22.6 Å². The SMILES string of the molecule is Cn1ncc(I)c1CN1CCC[C@H](CO)C1. The average molecular weight is 335 g/mol. The minimum absolute atomic E-state index is 0.318. The van der Waals surface area contributed by atoms with Gasteiger partial charge in [-0.25, -0.2) is 0 Å². The van der Waals surface area contributed by atoms with Crippen LogP contribution in [0.5, 0.6) is 0 Å². The summed E-state index contributed by atoms with van der Waals surface area (Å²) in [7, 11) is 1.99. The molecule has 1 atom stereocenters. The van der Waals surface area contributed by atoms with Crippen molar-refractivity contribution in [1.82, 2.24) is 14.7 Å². The van der Waals surface area contributed by atoms with Crippen LogP contribution in [0.4, 0.5) is 0 Å². The van der Waals surface area contributed by atoms with Gasteiger partial charge in [0, 0.05) is 26.7 Å². The molecule has 16 heavy (non-hydrogen) atoms. The molecule has 5 heteroatoms. The zero-order valence-corrected chi connectivity index (χ0v) is 11.7. The highest BCUT2D eigenvalue weighted by atomic mass is 127. The number of likely N-dealkylation sites (tertiary alicyclic amines) is 1. The van der Waals surface area contributed by atoms with Gasteiger partial charge in [0.2, 0.25) is 0 Å². The second kappa shape index (κ2) is 5.46. The van der Waals surface area contributed by atoms with Crippen molar-refractivity contribution in [3.05, 3.63) is 15.5 Å². The summed E-state index contributed by atoms with van der Waals surface area (Å²) in [5, 5.41) is 13.5. The Morgan fingerprint density at radius 1 is 1.62 bits per heavy atom. The lowest BCUT2D eigenvalue weighted by Crippen LogP contribution is -2.36. The number of halogens is 1. The molecule has 1 aliphatic rings. The Labute approximate surface area is 110 Å². The van der Waals surface area contributed by atoms with Gasteiger partial charge < -0.3 is 5.11 Å². The lowest BCUT2D eigenvalue weighted by molar-refractivity contribution is 0.114. The molecular weight excluding hydrogens is 317 g/mol. The fourth-order valence-corrected chi connectivity index (χ4v) is 2.91. The molecule has 1 saturated heterocycles. The van der Waals surface area contributed by atoms with Crippen molar-refractivity contribution in [2.45, 2.75) is 19.4 Å². The summed E-state index contributed by atoms with van der Waals surface area (Å²) in [5.41, 5.74) is 1.28. The largest absolute Gasteiger partial charge is 0.396 e. The van der Waals surface area contributed by atoms with Crippen LogP contribution in [0.2, 0.25) is 0 Å². The van der Waals surface area contributed by atoms with E-state index in [2.05, 4.69) is 32.6 Å². The van der Waals surface area contributed by atoms with Crippen LogP contribution in [0.15, 0.2) is 6.20 Å². The molecule has 1 aliphatic heterocycles. The zero-order chi connectivity index (χ0) is 11.5. The fraction of sp³-hybridized carbons (Fsp3) is 0.727. The number of aryl methyl sites for hydroxylation is 1. The summed E-state index contributed by atoms with van der Waals surface area (Å²) >= 11 is 2.33. The minimum Gasteiger partial charge on any atom is -0.396 e. The third-order valence-electron chi connectivity index (χ3n) is 3.25. The van der Waals surface area contributed by atoms with Gasteiger partial charge in [0.1, 0.15) is 0 Å². The van der Waals surface area contributed by atoms with Crippen LogP contribution in [0, 0.1) is 9.49 Å². The van der Waals surface area contributed by atoms with Crippen LogP contribution >= 0.6 is 22.6 Å². The van der Waals surface area contributed by atoms with Gasteiger partial charge in [0.05, 0.1) is 15.5 Å². The second-order valence-electron chi connectivity index (χ2n) is 4.49. The predicted octanol–water partition coefficient (Wildman–Crippen LogP) is 1.23. The maximum Gasteiger partial charge on any atom is 0.0654 e. The summed E-state index contributed by atoms with van der Waals surface area (Å²) in [6.07, 6.45) is 4.26. The van der Waals surface area contributed by atoms with E-state index in [1.165, 1.54) is 15.7 Å². The van der Waals surface area contributed by atoms with Crippen molar-refractivity contribution in [2.24, 2.45) is 13.0 Å². The maximum absolute atomic E-state index is 9.20. The van der Waals surface area contributed by atoms with Crippen LogP contribution in [-0.2, 0) is 13.6 Å². The standard InChI is InChI=1S/C11H18IN3O/c1-14-11(10(12)5-13-14)7-15-4-2-3-9(6-15)8-16/h5,9,16H,2-4,6-8H2,1H3/t9-/m0/s1. The first-order valence-electron chi connectivity index (χ1n) is 5.70. The molecule has 2 heterocycles. The summed E-state index contributed by atoms with van der Waals surface area (Å²) < 4.78 is 3.18. The molecule has 0 aliphatic carbocycles. The van der Waals surface area contributed by atoms with E-state index >= 15 is 0 Å². The minimum atomic E-state index is 0.318. The van der Waals surface area contributed by atoms with E-state index in [4.69, 9.17) is 0 Å². The lowest BCUT2D eigenvalue weighted by Gasteiger charge is -2.31. The Morgan fingerprint density at radius 3 is 3.06 bits per heavy atom. The highest BCUT2D eigenvalue weighted by Gasteiger charge is 2.20. The smallest absolute Gasteiger partial charge is 0.0654 e. The quantitative estimate of drug-likeness (QED) is 0.845. The van der Waals surface area contributed by atoms with Gasteiger partial charge in [0.15, 0.2) is 0 Å². The maximum atomic E-state index is 9.20. The van der Waals surface area contributed by atoms with Crippen LogP contribution < -0.4 is 0 Å². The number of rotatable bonds is 3. The van der Waals surface area contributed by atoms with Gasteiger partial charge in [-0.05, 0) is 47.9 Å². The Morgan fingerprint density at radius 2 is 2.44 bits per heavy atom. The number of piperidine rings is 1. The Hall–Kier alpha value is -0.140. The molecule has 1 N–H and O–H groups in total. The zero-order valence-electron chi connectivity index (χ0n) is 9.56. The lowest BCUT2D eigenvalue weighted by atomic mass is 9.99. The number of hydrogen-bond acceptors (Lipinski definition) is 3. The van der Waals surface area contributed by atoms with Crippen LogP contribution in [-0.4, -0.2) is 39.5 Å². The summed E-state index contributed by atoms with van der Waals surface area (Å²) in [4.78, 5) is 2.42. The van der Waals surface area contributed by atoms with Gasteiger partial charge in [-0.2, -0.15) is 5.10 Å². The van der Waals surface area contributed by atoms with Crippen LogP contribution in [0.25, 0.3) is 0 Å². The van der Waals surface area contributed by atoms with Gasteiger partial charge in [-0.15, -0.1) is 0 Å². The summed E-state index contributed by atoms with van der Waals surface area (Å²) in [6, 6.07) is 0. The molecule has 1 fully saturated rings. The molecule has 2 rings (SSSR count). The van der Waals surface area contributed by atoms with Crippen LogP contribution in [0.3, 0.4) is 0 Å². The van der Waals surface area contributed by atoms with Crippen molar-refractivity contribution < 1.29 is 5.11 Å². The molecule has 0 aromatic carbocycles. The van der Waals surface area contributed by atoms with Crippen LogP contribution in [0.1, 0.15) is 18.5 Å². The van der Waals surface area contributed by atoms with E-state index in [0.717, 1.165) is 26.1 Å². The predicted molar refractivity (Wildman–Crippen MR) is 71.0 cm³/mol. The molecule has 0 saturated carbocycles. The first-order valence-corrected chi connectivity index (χ1v) is 6.78. The van der Waals surface area contributed by atoms with Crippen molar-refractivity contribution in [1.29, 1.82) is 0 Å². The Bertz CT molecular complexity index is 333. The summed E-state index contributed by atoms with van der Waals surface area (Å²) in [5.74, 6) is 0.458. The molecule has 0 unspecified atom stereocenters. The monoisotopic (exact) mass is 335 g/mol. The van der Waals surface area contributed by atoms with E-state index in [-0.39, 0.29) is 0 Å². The molecule has 1 aromatic heterocycles. The fourth-order valence-electron chi connectivity index (χ4n) is 2.27. The van der Waals surface area contributed by atoms with E-state index in [9.17, 15) is 5.11 Å². The molecule has 0 bridgehead atoms. The van der Waals surface area contributed by atoms with Crippen molar-refractivity contribution in [3.63, 3.8) is 0 Å². The number of hydrogen-bond donors (Lipinski definition) is 1. The van der Waals surface area contributed by atoms with Crippen molar-refractivity contribution in [3.8, 4) is 0 Å². The molecular formula is C11H18IN3O. The molecule has 0 spiro atoms. The first-order chi connectivity index (χ1) is 7.70. The normalized spacial score (nSPS) is 22.6. The van der Waals surface area contributed by atoms with Gasteiger partial charge >= 0.3 is 0 Å². The number of aliphatic hydroxyl groups excluding tert-OH is 1. The van der Waals surface area contributed by atoms with E-state index in [0.29, 0.717) is 12.5 Å². The van der Waals surface area contributed by atoms with E-state index < -0.39 is 0 Å². The van der Waals surface area contributed by atoms with E-state index in [1.807, 2.05) is 17.9 Å². The van der Waals surface area contributed by atoms with Gasteiger partial charge in [-0.3, -0.25) is 9.58 Å². The third-order valence-corrected chi connectivity index (χ3v) is 4.15. The summed E-state index contributed by atoms with van der Waals surface area (Å²) in [6.45, 7) is 3.42. The van der Waals surface area contributed by atoms with Gasteiger partial charge in [0.25, 0.3) is 0 Å². The number of nitrogens with zero attached hydrogens (tertiary/aromatic N) is 3. The molecule has 4 nitrogen and oxygen atoms in total. The molecule has 0 amide bonds. The Kier molecular flexibility index (Phi) is 4.21. The van der Waals surface area contributed by atoms with Gasteiger partial charge in [-0.1, -0.05) is 0 Å². The molecule has 1 aromatic rings.